The van der Waals surface area contributed by atoms with E-state index in [4.69, 9.17) is 21.1 Å². The minimum absolute atomic E-state index is 0.0235. The van der Waals surface area contributed by atoms with Crippen LogP contribution in [0.5, 0.6) is 0 Å². The highest BCUT2D eigenvalue weighted by Gasteiger charge is 2.64. The number of ketones is 1. The molecule has 0 spiro atoms. The first kappa shape index (κ1) is 15.6. The largest absolute Gasteiger partial charge is 0.462 e. The summed E-state index contributed by atoms with van der Waals surface area (Å²) in [7, 11) is 0. The lowest BCUT2D eigenvalue weighted by Gasteiger charge is -2.24. The summed E-state index contributed by atoms with van der Waals surface area (Å²) in [5.74, 6) is -1.62. The minimum atomic E-state index is -0.897. The average molecular weight is 349 g/mol. The molecule has 1 aromatic rings. The smallest absolute Gasteiger partial charge is 0.310 e. The number of carbonyl (C=O) groups excluding carboxylic acids is 3. The average Bonchev–Trinajstić information content (AvgIpc) is 3.16. The van der Waals surface area contributed by atoms with E-state index < -0.39 is 18.0 Å². The summed E-state index contributed by atoms with van der Waals surface area (Å²) in [5, 5.41) is 0.535. The summed E-state index contributed by atoms with van der Waals surface area (Å²) in [5.41, 5.74) is 0.438. The number of esters is 2. The molecule has 2 bridgehead atoms. The molecule has 1 aromatic carbocycles. The van der Waals surface area contributed by atoms with E-state index in [9.17, 15) is 14.4 Å². The van der Waals surface area contributed by atoms with Crippen LogP contribution in [0.1, 0.15) is 30.1 Å². The van der Waals surface area contributed by atoms with Crippen molar-refractivity contribution in [1.82, 2.24) is 0 Å². The van der Waals surface area contributed by atoms with Gasteiger partial charge in [0, 0.05) is 16.5 Å². The number of rotatable bonds is 4. The third-order valence-electron chi connectivity index (χ3n) is 5.55. The normalized spacial score (nSPS) is 34.1. The van der Waals surface area contributed by atoms with Crippen molar-refractivity contribution in [3.8, 4) is 0 Å². The Kier molecular flexibility index (Phi) is 3.64. The Morgan fingerprint density at radius 1 is 1.25 bits per heavy atom. The highest BCUT2D eigenvalue weighted by Crippen LogP contribution is 2.58. The Bertz CT molecular complexity index is 711. The van der Waals surface area contributed by atoms with Crippen molar-refractivity contribution in [2.75, 3.05) is 0 Å². The van der Waals surface area contributed by atoms with Crippen molar-refractivity contribution >= 4 is 29.3 Å². The molecule has 1 heterocycles. The number of fused-ring (bicyclic) bond motifs is 1. The van der Waals surface area contributed by atoms with Gasteiger partial charge in [-0.15, -0.1) is 0 Å². The van der Waals surface area contributed by atoms with Gasteiger partial charge in [0.2, 0.25) is 5.78 Å². The number of Topliss-reactive ketones (excluding diaryl/α,β-unsaturated/α-hetero) is 1. The molecule has 0 radical (unpaired) electrons. The topological polar surface area (TPSA) is 69.7 Å². The first-order valence-electron chi connectivity index (χ1n) is 8.16. The summed E-state index contributed by atoms with van der Waals surface area (Å²) in [6, 6.07) is 6.44. The van der Waals surface area contributed by atoms with Gasteiger partial charge in [-0.05, 0) is 49.9 Å². The first-order chi connectivity index (χ1) is 11.5. The van der Waals surface area contributed by atoms with Crippen LogP contribution in [-0.2, 0) is 19.1 Å². The minimum Gasteiger partial charge on any atom is -0.462 e. The van der Waals surface area contributed by atoms with E-state index in [1.807, 2.05) is 0 Å². The van der Waals surface area contributed by atoms with Crippen LogP contribution < -0.4 is 0 Å². The summed E-state index contributed by atoms with van der Waals surface area (Å²) in [6.07, 6.45) is 0.641. The second-order valence-electron chi connectivity index (χ2n) is 6.87. The molecule has 126 valence electrons. The molecular weight excluding hydrogens is 332 g/mol. The molecule has 1 saturated heterocycles. The van der Waals surface area contributed by atoms with E-state index in [1.54, 1.807) is 31.2 Å². The van der Waals surface area contributed by atoms with Gasteiger partial charge < -0.3 is 9.47 Å². The van der Waals surface area contributed by atoms with E-state index in [0.29, 0.717) is 10.6 Å². The lowest BCUT2D eigenvalue weighted by Crippen LogP contribution is -2.36. The molecule has 3 aliphatic rings. The molecule has 0 amide bonds. The third kappa shape index (κ3) is 2.34. The van der Waals surface area contributed by atoms with Gasteiger partial charge in [-0.1, -0.05) is 11.6 Å². The predicted molar refractivity (Wildman–Crippen MR) is 84.4 cm³/mol. The molecule has 3 fully saturated rings. The fourth-order valence-electron chi connectivity index (χ4n) is 4.48. The lowest BCUT2D eigenvalue weighted by atomic mass is 9.80. The number of hydrogen-bond donors (Lipinski definition) is 0. The molecule has 0 unspecified atom stereocenters. The van der Waals surface area contributed by atoms with Crippen LogP contribution in [0, 0.1) is 23.7 Å². The van der Waals surface area contributed by atoms with Crippen LogP contribution in [0.25, 0.3) is 0 Å². The quantitative estimate of drug-likeness (QED) is 0.618. The van der Waals surface area contributed by atoms with Crippen LogP contribution >= 0.6 is 11.6 Å². The number of carbonyl (C=O) groups is 3. The Hall–Kier alpha value is -1.88. The van der Waals surface area contributed by atoms with Gasteiger partial charge in [0.1, 0.15) is 6.10 Å². The van der Waals surface area contributed by atoms with Gasteiger partial charge in [0.05, 0.1) is 11.8 Å². The Morgan fingerprint density at radius 2 is 1.96 bits per heavy atom. The van der Waals surface area contributed by atoms with Crippen molar-refractivity contribution in [2.45, 2.75) is 32.0 Å². The number of ether oxygens (including phenoxy) is 2. The van der Waals surface area contributed by atoms with E-state index in [0.717, 1.165) is 12.8 Å². The van der Waals surface area contributed by atoms with Crippen molar-refractivity contribution in [3.05, 3.63) is 34.9 Å². The van der Waals surface area contributed by atoms with Crippen molar-refractivity contribution in [1.29, 1.82) is 0 Å². The monoisotopic (exact) mass is 348 g/mol. The third-order valence-corrected chi connectivity index (χ3v) is 5.80. The van der Waals surface area contributed by atoms with Crippen molar-refractivity contribution in [3.63, 3.8) is 0 Å². The predicted octanol–water partition coefficient (Wildman–Crippen LogP) is 2.65. The van der Waals surface area contributed by atoms with Crippen LogP contribution in [0.15, 0.2) is 24.3 Å². The van der Waals surface area contributed by atoms with Gasteiger partial charge in [-0.3, -0.25) is 14.4 Å². The molecule has 2 saturated carbocycles. The summed E-state index contributed by atoms with van der Waals surface area (Å²) < 4.78 is 10.7. The molecule has 1 aliphatic heterocycles. The van der Waals surface area contributed by atoms with Gasteiger partial charge in [0.25, 0.3) is 0 Å². The highest BCUT2D eigenvalue weighted by molar-refractivity contribution is 6.30. The second-order valence-corrected chi connectivity index (χ2v) is 7.31. The van der Waals surface area contributed by atoms with Crippen LogP contribution in [0.3, 0.4) is 0 Å². The molecular formula is C18H17ClO5. The number of benzene rings is 1. The Balaban J connectivity index is 1.45. The zero-order chi connectivity index (χ0) is 17.0. The second kappa shape index (κ2) is 5.59. The zero-order valence-electron chi connectivity index (χ0n) is 13.1. The van der Waals surface area contributed by atoms with Crippen LogP contribution in [-0.4, -0.2) is 29.9 Å². The molecule has 2 aliphatic carbocycles. The number of hydrogen-bond acceptors (Lipinski definition) is 5. The van der Waals surface area contributed by atoms with Gasteiger partial charge >= 0.3 is 11.9 Å². The fourth-order valence-corrected chi connectivity index (χ4v) is 4.61. The lowest BCUT2D eigenvalue weighted by molar-refractivity contribution is -0.157. The van der Waals surface area contributed by atoms with Gasteiger partial charge in [-0.2, -0.15) is 0 Å². The molecule has 6 atom stereocenters. The van der Waals surface area contributed by atoms with Gasteiger partial charge in [-0.25, -0.2) is 0 Å². The summed E-state index contributed by atoms with van der Waals surface area (Å²) in [4.78, 5) is 36.9. The molecule has 5 nitrogen and oxygen atoms in total. The van der Waals surface area contributed by atoms with E-state index in [1.165, 1.54) is 0 Å². The molecule has 4 rings (SSSR count). The maximum absolute atomic E-state index is 12.6. The molecule has 24 heavy (non-hydrogen) atoms. The van der Waals surface area contributed by atoms with Gasteiger partial charge in [0.15, 0.2) is 6.10 Å². The Labute approximate surface area is 144 Å². The first-order valence-corrected chi connectivity index (χ1v) is 8.54. The number of halogens is 1. The highest BCUT2D eigenvalue weighted by atomic mass is 35.5. The maximum Gasteiger partial charge on any atom is 0.310 e. The molecule has 0 N–H and O–H groups in total. The van der Waals surface area contributed by atoms with E-state index in [-0.39, 0.29) is 35.6 Å². The standard InChI is InChI=1S/C18H17ClO5/c1-8(16(20)9-2-4-11(19)5-3-9)23-17(21)14-10-6-12-13(7-10)24-18(22)15(12)14/h2-5,8,10,12-15H,6-7H2,1H3/t8-,10+,12+,13+,14+,15-/m0/s1. The van der Waals surface area contributed by atoms with E-state index in [2.05, 4.69) is 0 Å². The fraction of sp³-hybridized carbons (Fsp3) is 0.500. The van der Waals surface area contributed by atoms with Crippen molar-refractivity contribution < 1.29 is 23.9 Å². The zero-order valence-corrected chi connectivity index (χ0v) is 13.9. The van der Waals surface area contributed by atoms with E-state index >= 15 is 0 Å². The van der Waals surface area contributed by atoms with Crippen LogP contribution in [0.4, 0.5) is 0 Å². The SMILES string of the molecule is C[C@H](OC(=O)[C@@H]1[C@@H]2C[C@H]3[C@@H]1C(=O)O[C@@H]3C2)C(=O)c1ccc(Cl)cc1. The van der Waals surface area contributed by atoms with Crippen LogP contribution in [0.2, 0.25) is 5.02 Å². The molecule has 6 heteroatoms. The maximum atomic E-state index is 12.6. The van der Waals surface area contributed by atoms with Crippen molar-refractivity contribution in [2.24, 2.45) is 23.7 Å². The molecule has 0 aromatic heterocycles. The Morgan fingerprint density at radius 3 is 2.67 bits per heavy atom. The summed E-state index contributed by atoms with van der Waals surface area (Å²) in [6.45, 7) is 1.55. The summed E-state index contributed by atoms with van der Waals surface area (Å²) >= 11 is 5.81.